The van der Waals surface area contributed by atoms with Crippen molar-refractivity contribution in [1.82, 2.24) is 30.8 Å². The van der Waals surface area contributed by atoms with E-state index >= 15 is 0 Å². The van der Waals surface area contributed by atoms with Crippen LogP contribution in [0.5, 0.6) is 11.5 Å². The summed E-state index contributed by atoms with van der Waals surface area (Å²) in [5.74, 6) is 1.63. The Morgan fingerprint density at radius 3 is 1.17 bits per heavy atom. The molecule has 4 aromatic heterocycles. The first kappa shape index (κ1) is 124. The number of hydrogen-bond acceptors (Lipinski definition) is 32. The fourth-order valence-electron chi connectivity index (χ4n) is 13.4. The van der Waals surface area contributed by atoms with Crippen molar-refractivity contribution in [3.05, 3.63) is 263 Å². The van der Waals surface area contributed by atoms with Crippen molar-refractivity contribution in [2.45, 2.75) is 231 Å². The Bertz CT molecular complexity index is 5900. The highest BCUT2D eigenvalue weighted by molar-refractivity contribution is 9.11. The lowest BCUT2D eigenvalue weighted by atomic mass is 9.49. The Hall–Kier alpha value is -10.9. The number of aliphatic hydroxyl groups excluding tert-OH is 1. The maximum atomic E-state index is 12.3. The van der Waals surface area contributed by atoms with E-state index in [4.69, 9.17) is 84.1 Å². The number of Topliss-reactive ketones (excluding diaryl/α,β-unsaturated/α-hetero) is 1. The Morgan fingerprint density at radius 1 is 0.493 bits per heavy atom. The van der Waals surface area contributed by atoms with Gasteiger partial charge in [0.25, 0.3) is 11.4 Å². The molecular formula is C100H120B2Br5Cl2N9O26. The van der Waals surface area contributed by atoms with Crippen LogP contribution in [-0.4, -0.2) is 162 Å². The van der Waals surface area contributed by atoms with E-state index in [-0.39, 0.29) is 103 Å². The van der Waals surface area contributed by atoms with Gasteiger partial charge in [0.15, 0.2) is 5.17 Å². The highest BCUT2D eigenvalue weighted by Crippen LogP contribution is 2.44. The van der Waals surface area contributed by atoms with Gasteiger partial charge >= 0.3 is 43.6 Å². The van der Waals surface area contributed by atoms with Crippen LogP contribution in [0, 0.1) is 47.9 Å². The molecule has 44 heteroatoms. The van der Waals surface area contributed by atoms with Crippen LogP contribution in [-0.2, 0) is 67.0 Å². The Kier molecular flexibility index (Phi) is 51.2. The van der Waals surface area contributed by atoms with Crippen molar-refractivity contribution in [1.29, 1.82) is 0 Å². The standard InChI is InChI=1S/C18H13BrN2O6.C18H21BrN2O3.C13H12BrNO3.C12H24B2O4.C11H10BrNO2.C7H5BrClNO.C7H4ClNO4.C6H13N.C6H10O3.2CH4/c1-11-16(17(20-27-11)12-2-4-13(19)5-3-12)10-25-18(22)26-15-8-6-14(7-9-15)21(23)24;1-12-16(11-23-18(22)21(2)15-5-3-4-6-15)17(20-24-12)13-7-9-14(19)10-8-13;1-3-17-13(16)11-8(2)18-15-12(11)9-4-6-10(14)7-5-9;1-9(2)10(3,4)16-13(15-9)14-17-11(5,6)12(7,8)18-14;1-7-10(6-14)11(13-15-7)8-2-4-9(12)5-3-8;8-6-3-1-5(2-4-6)7(9)10-11;8-7(10)13-6-3-1-5(2-4-6)9(11)12;1-7-6-4-2-3-5-6;1-3-9-6(8)4-5(2)7;;/h2-9H,10H2,1H3;7-10,15H,3-6,11H2,1-2H3;4-7H,3H2,1-2H3;1-8H3;2-5,14H,6H2,1H3;1-4,11H;1-4H;6-7H,2-5H2,1H3;3-4H2,1-2H3;2*1H4/b;;;;;10-7-;;;;;. The Balaban J connectivity index is 0.000000292. The average molecular weight is 2360 g/mol. The van der Waals surface area contributed by atoms with Crippen molar-refractivity contribution < 1.29 is 114 Å². The predicted octanol–water partition coefficient (Wildman–Crippen LogP) is 26.8. The zero-order valence-corrected chi connectivity index (χ0v) is 90.7. The second kappa shape index (κ2) is 59.7. The molecule has 15 rings (SSSR count). The summed E-state index contributed by atoms with van der Waals surface area (Å²) >= 11 is 27.2. The average Bonchev–Trinajstić information content (AvgIpc) is 1.59. The number of benzene rings is 7. The van der Waals surface area contributed by atoms with Gasteiger partial charge in [0.05, 0.1) is 63.2 Å². The Morgan fingerprint density at radius 2 is 0.826 bits per heavy atom. The molecule has 0 spiro atoms. The largest absolute Gasteiger partial charge is 0.514 e. The van der Waals surface area contributed by atoms with Crippen molar-refractivity contribution in [3.8, 4) is 56.5 Å². The number of ketones is 1. The third-order valence-corrected chi connectivity index (χ3v) is 25.7. The number of aliphatic hydroxyl groups is 1. The SMILES string of the molecule is C.C.CC1(C)OB(B2OC(C)(C)C(C)(C)O2)OC1(C)C.CCOC(=O)CC(C)=O.CCOC(=O)c1c(-c2ccc(Br)cc2)noc1C.CNC1CCCC1.Cc1onc(-c2ccc(Br)cc2)c1CO.Cc1onc(-c2ccc(Br)cc2)c1COC(=O)N(C)C1CCCC1.Cc1onc(-c2ccc(Br)cc2)c1COC(=O)Oc1ccc([N+](=O)[O-])cc1.O/N=C(\Cl)c1ccc(Br)cc1.O=C(Cl)Oc1ccc([N+](=O)[O-])cc1. The number of halogens is 7. The fraction of sp³-hybridized carbons (Fsp3) is 0.390. The van der Waals surface area contributed by atoms with Crippen LogP contribution < -0.4 is 14.8 Å². The normalized spacial score (nSPS) is 14.2. The molecule has 4 fully saturated rings. The van der Waals surface area contributed by atoms with Crippen molar-refractivity contribution >= 4 is 169 Å². The van der Waals surface area contributed by atoms with E-state index < -0.39 is 47.4 Å². The van der Waals surface area contributed by atoms with E-state index in [1.54, 1.807) is 51.7 Å². The number of hydrogen-bond donors (Lipinski definition) is 3. The molecule has 1 amide bonds. The van der Waals surface area contributed by atoms with E-state index in [0.717, 1.165) is 80.3 Å². The third kappa shape index (κ3) is 38.2. The molecular weight excluding hydrogens is 2240 g/mol. The first-order valence-corrected chi connectivity index (χ1v) is 49.3. The topological polar surface area (TPSA) is 453 Å². The number of nitro benzene ring substituents is 2. The van der Waals surface area contributed by atoms with Gasteiger partial charge in [0.2, 0.25) is 0 Å². The van der Waals surface area contributed by atoms with E-state index in [2.05, 4.69) is 127 Å². The van der Waals surface area contributed by atoms with Gasteiger partial charge in [0.1, 0.15) is 88.3 Å². The number of rotatable bonds is 22. The number of esters is 2. The minimum Gasteiger partial charge on any atom is -0.466 e. The number of ether oxygens (including phenoxy) is 6. The van der Waals surface area contributed by atoms with Gasteiger partial charge < -0.3 is 85.7 Å². The van der Waals surface area contributed by atoms with Gasteiger partial charge in [0, 0.05) is 111 Å². The fourth-order valence-corrected chi connectivity index (χ4v) is 14.9. The molecule has 0 atom stereocenters. The van der Waals surface area contributed by atoms with Crippen LogP contribution in [0.3, 0.4) is 0 Å². The molecule has 3 N–H and O–H groups in total. The lowest BCUT2D eigenvalue weighted by Gasteiger charge is -2.32. The zero-order chi connectivity index (χ0) is 105. The highest BCUT2D eigenvalue weighted by atomic mass is 79.9. The number of aryl methyl sites for hydroxylation is 4. The molecule has 35 nitrogen and oxygen atoms in total. The second-order valence-electron chi connectivity index (χ2n) is 33.8. The molecule has 0 unspecified atom stereocenters. The van der Waals surface area contributed by atoms with Gasteiger partial charge in [-0.2, -0.15) is 0 Å². The van der Waals surface area contributed by atoms with Crippen LogP contribution in [0.4, 0.5) is 25.8 Å². The highest BCUT2D eigenvalue weighted by Gasteiger charge is 2.64. The maximum Gasteiger partial charge on any atom is 0.514 e. The third-order valence-electron chi connectivity index (χ3n) is 22.7. The van der Waals surface area contributed by atoms with Gasteiger partial charge in [-0.1, -0.05) is 218 Å². The second-order valence-corrected chi connectivity index (χ2v) is 39.0. The minimum absolute atomic E-state index is 0. The van der Waals surface area contributed by atoms with Crippen LogP contribution in [0.25, 0.3) is 45.0 Å². The number of non-ortho nitro benzene ring substituents is 2. The summed E-state index contributed by atoms with van der Waals surface area (Å²) in [6.07, 6.45) is 8.82. The summed E-state index contributed by atoms with van der Waals surface area (Å²) < 4.78 is 79.0. The maximum absolute atomic E-state index is 12.3. The van der Waals surface area contributed by atoms with Crippen molar-refractivity contribution in [3.63, 3.8) is 0 Å². The molecule has 2 saturated carbocycles. The summed E-state index contributed by atoms with van der Waals surface area (Å²) in [6, 6.07) is 48.9. The van der Waals surface area contributed by atoms with Gasteiger partial charge in [-0.25, -0.2) is 19.2 Å². The first-order valence-electron chi connectivity index (χ1n) is 44.6. The summed E-state index contributed by atoms with van der Waals surface area (Å²) in [5, 5.41) is 60.5. The molecule has 2 aliphatic heterocycles. The molecule has 144 heavy (non-hydrogen) atoms. The molecule has 4 aliphatic rings. The summed E-state index contributed by atoms with van der Waals surface area (Å²) in [4.78, 5) is 88.4. The van der Waals surface area contributed by atoms with Crippen molar-refractivity contribution in [2.24, 2.45) is 5.16 Å². The van der Waals surface area contributed by atoms with E-state index in [9.17, 15) is 54.1 Å². The molecule has 2 aliphatic carbocycles. The predicted molar refractivity (Wildman–Crippen MR) is 566 cm³/mol. The summed E-state index contributed by atoms with van der Waals surface area (Å²) in [7, 11) is 2.91. The molecule has 0 bridgehead atoms. The zero-order valence-electron chi connectivity index (χ0n) is 81.3. The molecule has 776 valence electrons. The number of carbonyl (C=O) groups is 6. The lowest BCUT2D eigenvalue weighted by Crippen LogP contribution is -2.41. The van der Waals surface area contributed by atoms with Gasteiger partial charge in [-0.05, 0) is 222 Å². The molecule has 7 aromatic carbocycles. The number of nitrogens with zero attached hydrogens (tertiary/aromatic N) is 8. The number of nitro groups is 2. The lowest BCUT2D eigenvalue weighted by molar-refractivity contribution is -0.385. The first-order chi connectivity index (χ1) is 67.1. The molecule has 6 heterocycles. The van der Waals surface area contributed by atoms with Crippen LogP contribution in [0.15, 0.2) is 215 Å². The molecule has 11 aromatic rings. The molecule has 0 radical (unpaired) electrons. The molecule has 2 saturated heterocycles. The van der Waals surface area contributed by atoms with Crippen LogP contribution >= 0.6 is 103 Å². The van der Waals surface area contributed by atoms with Crippen molar-refractivity contribution in [2.75, 3.05) is 27.3 Å². The number of oxime groups is 1. The van der Waals surface area contributed by atoms with E-state index in [1.807, 2.05) is 179 Å². The number of carbonyl (C=O) groups excluding carboxylic acids is 6. The number of nitrogens with one attached hydrogen (secondary N) is 1. The van der Waals surface area contributed by atoms with E-state index in [0.29, 0.717) is 76.1 Å². The van der Waals surface area contributed by atoms with E-state index in [1.165, 1.54) is 94.0 Å². The monoisotopic (exact) mass is 2350 g/mol. The Labute approximate surface area is 890 Å². The quantitative estimate of drug-likeness (QED) is 0.00542. The van der Waals surface area contributed by atoms with Crippen LogP contribution in [0.1, 0.15) is 204 Å². The summed E-state index contributed by atoms with van der Waals surface area (Å²) in [6.45, 7) is 28.8. The number of aromatic nitrogens is 4. The number of amides is 1. The van der Waals surface area contributed by atoms with Gasteiger partial charge in [-0.15, -0.1) is 0 Å². The smallest absolute Gasteiger partial charge is 0.466 e. The minimum atomic E-state index is -0.978. The van der Waals surface area contributed by atoms with Gasteiger partial charge in [-0.3, -0.25) is 29.8 Å². The van der Waals surface area contributed by atoms with Crippen LogP contribution in [0.2, 0.25) is 0 Å². The summed E-state index contributed by atoms with van der Waals surface area (Å²) in [5.41, 5.74) is 6.70.